The van der Waals surface area contributed by atoms with Gasteiger partial charge in [0.05, 0.1) is 12.1 Å². The molecule has 2 nitrogen and oxygen atoms in total. The van der Waals surface area contributed by atoms with Crippen LogP contribution in [-0.2, 0) is 13.1 Å². The number of nitrogens with two attached hydrogens (primary N) is 1. The number of hydrogen-bond donors (Lipinski definition) is 1. The van der Waals surface area contributed by atoms with Crippen LogP contribution in [-0.4, -0.2) is 4.57 Å². The lowest BCUT2D eigenvalue weighted by Gasteiger charge is -2.08. The smallest absolute Gasteiger partial charge is 0.132 e. The monoisotopic (exact) mass is 272 g/mol. The zero-order valence-corrected chi connectivity index (χ0v) is 10.8. The quantitative estimate of drug-likeness (QED) is 0.778. The lowest BCUT2D eigenvalue weighted by molar-refractivity contribution is 0.599. The minimum absolute atomic E-state index is 0.264. The summed E-state index contributed by atoms with van der Waals surface area (Å²) in [5, 5.41) is 0.548. The molecule has 0 aliphatic carbocycles. The Hall–Kier alpha value is -2.20. The molecule has 20 heavy (non-hydrogen) atoms. The number of benzene rings is 2. The van der Waals surface area contributed by atoms with Gasteiger partial charge in [-0.2, -0.15) is 0 Å². The lowest BCUT2D eigenvalue weighted by Crippen LogP contribution is -2.03. The maximum atomic E-state index is 14.0. The van der Waals surface area contributed by atoms with E-state index >= 15 is 0 Å². The molecule has 0 saturated carbocycles. The van der Waals surface area contributed by atoms with E-state index < -0.39 is 0 Å². The Balaban J connectivity index is 1.99. The van der Waals surface area contributed by atoms with Crippen LogP contribution in [0.3, 0.4) is 0 Å². The Labute approximate surface area is 115 Å². The molecule has 102 valence electrons. The predicted molar refractivity (Wildman–Crippen MR) is 75.3 cm³/mol. The molecule has 0 unspecified atom stereocenters. The van der Waals surface area contributed by atoms with Crippen LogP contribution in [0.15, 0.2) is 48.7 Å². The van der Waals surface area contributed by atoms with E-state index in [0.29, 0.717) is 24.0 Å². The van der Waals surface area contributed by atoms with Gasteiger partial charge in [-0.1, -0.05) is 18.2 Å². The minimum atomic E-state index is -0.286. The minimum Gasteiger partial charge on any atom is -0.343 e. The molecule has 2 aromatic carbocycles. The van der Waals surface area contributed by atoms with Gasteiger partial charge in [-0.3, -0.25) is 0 Å². The molecule has 0 radical (unpaired) electrons. The Morgan fingerprint density at radius 1 is 1.00 bits per heavy atom. The van der Waals surface area contributed by atoms with Crippen LogP contribution in [0.25, 0.3) is 10.9 Å². The molecule has 2 N–H and O–H groups in total. The lowest BCUT2D eigenvalue weighted by atomic mass is 10.1. The number of halogens is 2. The van der Waals surface area contributed by atoms with E-state index in [1.54, 1.807) is 24.4 Å². The third-order valence-electron chi connectivity index (χ3n) is 3.45. The molecule has 4 heteroatoms. The van der Waals surface area contributed by atoms with Gasteiger partial charge in [0, 0.05) is 23.7 Å². The molecule has 1 aromatic heterocycles. The fourth-order valence-electron chi connectivity index (χ4n) is 2.35. The van der Waals surface area contributed by atoms with Gasteiger partial charge in [0.25, 0.3) is 0 Å². The number of nitrogens with zero attached hydrogens (tertiary/aromatic N) is 1. The first-order valence-electron chi connectivity index (χ1n) is 6.40. The molecule has 0 spiro atoms. The second-order valence-electron chi connectivity index (χ2n) is 4.75. The largest absolute Gasteiger partial charge is 0.343 e. The second-order valence-corrected chi connectivity index (χ2v) is 4.75. The first-order chi connectivity index (χ1) is 9.69. The maximum absolute atomic E-state index is 14.0. The summed E-state index contributed by atoms with van der Waals surface area (Å²) in [6.07, 6.45) is 1.77. The van der Waals surface area contributed by atoms with Crippen molar-refractivity contribution in [1.29, 1.82) is 0 Å². The molecule has 0 atom stereocenters. The van der Waals surface area contributed by atoms with Crippen LogP contribution < -0.4 is 5.73 Å². The number of aromatic nitrogens is 1. The van der Waals surface area contributed by atoms with Crippen molar-refractivity contribution < 1.29 is 8.78 Å². The Morgan fingerprint density at radius 3 is 2.60 bits per heavy atom. The third-order valence-corrected chi connectivity index (χ3v) is 3.45. The van der Waals surface area contributed by atoms with Crippen molar-refractivity contribution in [3.63, 3.8) is 0 Å². The Morgan fingerprint density at radius 2 is 1.85 bits per heavy atom. The molecule has 1 heterocycles. The van der Waals surface area contributed by atoms with Crippen molar-refractivity contribution >= 4 is 10.9 Å². The standard InChI is InChI=1S/C16H14F2N2/c17-14-2-1-3-16-13(14)6-7-20(16)10-12-5-4-11(9-19)8-15(12)18/h1-8H,9-10,19H2. The molecule has 0 fully saturated rings. The summed E-state index contributed by atoms with van der Waals surface area (Å²) in [6, 6.07) is 11.6. The number of fused-ring (bicyclic) bond motifs is 1. The highest BCUT2D eigenvalue weighted by molar-refractivity contribution is 5.80. The van der Waals surface area contributed by atoms with Crippen LogP contribution >= 0.6 is 0 Å². The van der Waals surface area contributed by atoms with E-state index in [2.05, 4.69) is 0 Å². The average molecular weight is 272 g/mol. The van der Waals surface area contributed by atoms with E-state index in [4.69, 9.17) is 5.73 Å². The molecule has 0 aliphatic heterocycles. The van der Waals surface area contributed by atoms with Crippen LogP contribution in [0.4, 0.5) is 8.78 Å². The molecular formula is C16H14F2N2. The van der Waals surface area contributed by atoms with Crippen molar-refractivity contribution in [1.82, 2.24) is 4.57 Å². The van der Waals surface area contributed by atoms with E-state index in [1.165, 1.54) is 12.1 Å². The topological polar surface area (TPSA) is 30.9 Å². The predicted octanol–water partition coefficient (Wildman–Crippen LogP) is 3.43. The van der Waals surface area contributed by atoms with Crippen LogP contribution in [0.2, 0.25) is 0 Å². The fraction of sp³-hybridized carbons (Fsp3) is 0.125. The van der Waals surface area contributed by atoms with Crippen molar-refractivity contribution in [2.24, 2.45) is 5.73 Å². The number of hydrogen-bond acceptors (Lipinski definition) is 1. The third kappa shape index (κ3) is 2.18. The van der Waals surface area contributed by atoms with Gasteiger partial charge in [-0.05, 0) is 29.8 Å². The van der Waals surface area contributed by atoms with E-state index in [1.807, 2.05) is 16.7 Å². The SMILES string of the molecule is NCc1ccc(Cn2ccc3c(F)cccc32)c(F)c1. The summed E-state index contributed by atoms with van der Waals surface area (Å²) in [5.74, 6) is -0.550. The normalized spacial score (nSPS) is 11.2. The van der Waals surface area contributed by atoms with Gasteiger partial charge in [-0.15, -0.1) is 0 Å². The highest BCUT2D eigenvalue weighted by Crippen LogP contribution is 2.21. The first-order valence-corrected chi connectivity index (χ1v) is 6.40. The summed E-state index contributed by atoms with van der Waals surface area (Å²) >= 11 is 0. The van der Waals surface area contributed by atoms with Crippen molar-refractivity contribution in [3.8, 4) is 0 Å². The summed E-state index contributed by atoms with van der Waals surface area (Å²) in [6.45, 7) is 0.679. The van der Waals surface area contributed by atoms with Crippen LogP contribution in [0, 0.1) is 11.6 Å². The van der Waals surface area contributed by atoms with Crippen LogP contribution in [0.1, 0.15) is 11.1 Å². The van der Waals surface area contributed by atoms with Gasteiger partial charge < -0.3 is 10.3 Å². The summed E-state index contributed by atoms with van der Waals surface area (Å²) in [5.41, 5.74) is 7.56. The molecule has 3 aromatic rings. The molecule has 0 aliphatic rings. The van der Waals surface area contributed by atoms with Crippen molar-refractivity contribution in [2.75, 3.05) is 0 Å². The Bertz CT molecular complexity index is 762. The maximum Gasteiger partial charge on any atom is 0.132 e. The van der Waals surface area contributed by atoms with Crippen molar-refractivity contribution in [2.45, 2.75) is 13.1 Å². The van der Waals surface area contributed by atoms with Gasteiger partial charge in [0.2, 0.25) is 0 Å². The van der Waals surface area contributed by atoms with Crippen LogP contribution in [0.5, 0.6) is 0 Å². The molecule has 0 saturated heterocycles. The van der Waals surface area contributed by atoms with Gasteiger partial charge >= 0.3 is 0 Å². The van der Waals surface area contributed by atoms with E-state index in [-0.39, 0.29) is 11.6 Å². The molecule has 0 bridgehead atoms. The first kappa shape index (κ1) is 12.8. The molecular weight excluding hydrogens is 258 g/mol. The zero-order chi connectivity index (χ0) is 14.1. The second kappa shape index (κ2) is 5.06. The zero-order valence-electron chi connectivity index (χ0n) is 10.8. The molecule has 3 rings (SSSR count). The highest BCUT2D eigenvalue weighted by Gasteiger charge is 2.08. The summed E-state index contributed by atoms with van der Waals surface area (Å²) in [4.78, 5) is 0. The fourth-order valence-corrected chi connectivity index (χ4v) is 2.35. The highest BCUT2D eigenvalue weighted by atomic mass is 19.1. The van der Waals surface area contributed by atoms with Crippen molar-refractivity contribution in [3.05, 3.63) is 71.4 Å². The van der Waals surface area contributed by atoms with Gasteiger partial charge in [0.1, 0.15) is 11.6 Å². The summed E-state index contributed by atoms with van der Waals surface area (Å²) < 4.78 is 29.4. The van der Waals surface area contributed by atoms with E-state index in [9.17, 15) is 8.78 Å². The average Bonchev–Trinajstić information content (AvgIpc) is 2.86. The van der Waals surface area contributed by atoms with Gasteiger partial charge in [0.15, 0.2) is 0 Å². The van der Waals surface area contributed by atoms with Gasteiger partial charge in [-0.25, -0.2) is 8.78 Å². The summed E-state index contributed by atoms with van der Waals surface area (Å²) in [7, 11) is 0. The molecule has 0 amide bonds. The Kier molecular flexibility index (Phi) is 3.24. The van der Waals surface area contributed by atoms with E-state index in [0.717, 1.165) is 11.1 Å². The number of rotatable bonds is 3.